The van der Waals surface area contributed by atoms with E-state index >= 15 is 0 Å². The van der Waals surface area contributed by atoms with Gasteiger partial charge in [0.1, 0.15) is 0 Å². The Kier molecular flexibility index (Phi) is 4.64. The molecule has 17 heavy (non-hydrogen) atoms. The number of aliphatic hydroxyl groups is 1. The van der Waals surface area contributed by atoms with E-state index in [1.54, 1.807) is 25.1 Å². The molecule has 2 atom stereocenters. The van der Waals surface area contributed by atoms with Crippen LogP contribution in [-0.2, 0) is 10.0 Å². The fourth-order valence-corrected chi connectivity index (χ4v) is 2.63. The van der Waals surface area contributed by atoms with Gasteiger partial charge in [0.15, 0.2) is 0 Å². The first-order chi connectivity index (χ1) is 7.84. The number of nitrogens with one attached hydrogen (secondary N) is 1. The third-order valence-corrected chi connectivity index (χ3v) is 4.10. The molecule has 0 bridgehead atoms. The summed E-state index contributed by atoms with van der Waals surface area (Å²) in [6, 6.07) is 6.08. The van der Waals surface area contributed by atoms with E-state index in [4.69, 9.17) is 5.73 Å². The van der Waals surface area contributed by atoms with Crippen molar-refractivity contribution in [3.05, 3.63) is 29.8 Å². The Morgan fingerprint density at radius 2 is 2.00 bits per heavy atom. The van der Waals surface area contributed by atoms with Crippen molar-refractivity contribution in [2.45, 2.75) is 30.9 Å². The Labute approximate surface area is 102 Å². The molecule has 1 aromatic rings. The minimum absolute atomic E-state index is 0.00827. The molecule has 0 heterocycles. The largest absolute Gasteiger partial charge is 0.392 e. The summed E-state index contributed by atoms with van der Waals surface area (Å²) in [5, 5.41) is 9.18. The number of benzene rings is 1. The van der Waals surface area contributed by atoms with Crippen molar-refractivity contribution < 1.29 is 13.5 Å². The first-order valence-electron chi connectivity index (χ1n) is 5.33. The lowest BCUT2D eigenvalue weighted by Gasteiger charge is -2.16. The van der Waals surface area contributed by atoms with Crippen LogP contribution in [0.25, 0.3) is 0 Å². The Balaban J connectivity index is 2.80. The molecule has 0 amide bonds. The van der Waals surface area contributed by atoms with Crippen molar-refractivity contribution in [2.75, 3.05) is 6.54 Å². The number of aliphatic hydroxyl groups excluding tert-OH is 1. The van der Waals surface area contributed by atoms with Crippen LogP contribution in [0.5, 0.6) is 0 Å². The molecule has 0 saturated heterocycles. The van der Waals surface area contributed by atoms with E-state index in [-0.39, 0.29) is 11.4 Å². The number of hydrogen-bond donors (Lipinski definition) is 3. The second-order valence-electron chi connectivity index (χ2n) is 4.02. The summed E-state index contributed by atoms with van der Waals surface area (Å²) < 4.78 is 26.2. The molecule has 4 N–H and O–H groups in total. The lowest BCUT2D eigenvalue weighted by atomic mass is 10.2. The summed E-state index contributed by atoms with van der Waals surface area (Å²) in [6.45, 7) is 3.25. The molecule has 2 unspecified atom stereocenters. The van der Waals surface area contributed by atoms with Gasteiger partial charge in [0, 0.05) is 12.6 Å². The smallest absolute Gasteiger partial charge is 0.240 e. The highest BCUT2D eigenvalue weighted by Gasteiger charge is 2.18. The van der Waals surface area contributed by atoms with Crippen molar-refractivity contribution in [1.29, 1.82) is 0 Å². The molecular formula is C11H18N2O3S. The minimum atomic E-state index is -3.56. The molecule has 0 aliphatic heterocycles. The predicted octanol–water partition coefficient (Wildman–Crippen LogP) is -0.0186. The monoisotopic (exact) mass is 258 g/mol. The molecule has 1 rings (SSSR count). The summed E-state index contributed by atoms with van der Waals surface area (Å²) in [6.07, 6.45) is -0.755. The molecule has 0 aromatic heterocycles. The van der Waals surface area contributed by atoms with Crippen LogP contribution < -0.4 is 10.5 Å². The standard InChI is InChI=1S/C11H18N2O3S/c1-8-5-3-4-6-11(8)17(15,16)13-7-10(12)9(2)14/h3-6,9-10,13-14H,7,12H2,1-2H3. The van der Waals surface area contributed by atoms with E-state index in [2.05, 4.69) is 4.72 Å². The Morgan fingerprint density at radius 1 is 1.41 bits per heavy atom. The summed E-state index contributed by atoms with van der Waals surface area (Å²) in [7, 11) is -3.56. The maximum absolute atomic E-state index is 11.9. The molecular weight excluding hydrogens is 240 g/mol. The van der Waals surface area contributed by atoms with Gasteiger partial charge in [-0.05, 0) is 25.5 Å². The van der Waals surface area contributed by atoms with Crippen LogP contribution in [0.1, 0.15) is 12.5 Å². The van der Waals surface area contributed by atoms with Gasteiger partial charge in [0.25, 0.3) is 0 Å². The zero-order chi connectivity index (χ0) is 13.1. The summed E-state index contributed by atoms with van der Waals surface area (Å²) in [5.41, 5.74) is 6.23. The summed E-state index contributed by atoms with van der Waals surface area (Å²) in [5.74, 6) is 0. The van der Waals surface area contributed by atoms with Crippen LogP contribution in [0.2, 0.25) is 0 Å². The molecule has 0 spiro atoms. The lowest BCUT2D eigenvalue weighted by molar-refractivity contribution is 0.164. The maximum Gasteiger partial charge on any atom is 0.240 e. The van der Waals surface area contributed by atoms with E-state index in [0.29, 0.717) is 5.56 Å². The van der Waals surface area contributed by atoms with Gasteiger partial charge in [-0.1, -0.05) is 18.2 Å². The third kappa shape index (κ3) is 3.78. The Morgan fingerprint density at radius 3 is 2.53 bits per heavy atom. The first kappa shape index (κ1) is 14.1. The highest BCUT2D eigenvalue weighted by atomic mass is 32.2. The van der Waals surface area contributed by atoms with Gasteiger partial charge in [0.05, 0.1) is 11.0 Å². The van der Waals surface area contributed by atoms with Crippen molar-refractivity contribution in [1.82, 2.24) is 4.72 Å². The average molecular weight is 258 g/mol. The van der Waals surface area contributed by atoms with Crippen LogP contribution in [-0.4, -0.2) is 32.2 Å². The van der Waals surface area contributed by atoms with Gasteiger partial charge in [-0.2, -0.15) is 0 Å². The van der Waals surface area contributed by atoms with Crippen LogP contribution in [0, 0.1) is 6.92 Å². The van der Waals surface area contributed by atoms with Crippen molar-refractivity contribution in [3.63, 3.8) is 0 Å². The third-order valence-electron chi connectivity index (χ3n) is 2.51. The number of rotatable bonds is 5. The van der Waals surface area contributed by atoms with Gasteiger partial charge in [-0.15, -0.1) is 0 Å². The SMILES string of the molecule is Cc1ccccc1S(=O)(=O)NCC(N)C(C)O. The van der Waals surface area contributed by atoms with Gasteiger partial charge >= 0.3 is 0 Å². The molecule has 96 valence electrons. The zero-order valence-corrected chi connectivity index (χ0v) is 10.7. The van der Waals surface area contributed by atoms with Gasteiger partial charge in [-0.3, -0.25) is 0 Å². The van der Waals surface area contributed by atoms with Crippen molar-refractivity contribution in [2.24, 2.45) is 5.73 Å². The molecule has 0 aliphatic rings. The zero-order valence-electron chi connectivity index (χ0n) is 9.92. The van der Waals surface area contributed by atoms with Crippen molar-refractivity contribution >= 4 is 10.0 Å². The molecule has 0 fully saturated rings. The first-order valence-corrected chi connectivity index (χ1v) is 6.82. The normalized spacial score (nSPS) is 15.5. The highest BCUT2D eigenvalue weighted by Crippen LogP contribution is 2.13. The summed E-state index contributed by atoms with van der Waals surface area (Å²) in [4.78, 5) is 0.234. The Bertz CT molecular complexity index is 471. The van der Waals surface area contributed by atoms with E-state index in [9.17, 15) is 13.5 Å². The van der Waals surface area contributed by atoms with Crippen LogP contribution >= 0.6 is 0 Å². The molecule has 0 radical (unpaired) electrons. The predicted molar refractivity (Wildman–Crippen MR) is 66.0 cm³/mol. The second kappa shape index (κ2) is 5.59. The topological polar surface area (TPSA) is 92.4 Å². The van der Waals surface area contributed by atoms with Crippen LogP contribution in [0.4, 0.5) is 0 Å². The quantitative estimate of drug-likeness (QED) is 0.692. The molecule has 0 aliphatic carbocycles. The fraction of sp³-hybridized carbons (Fsp3) is 0.455. The van der Waals surface area contributed by atoms with Crippen LogP contribution in [0.15, 0.2) is 29.2 Å². The van der Waals surface area contributed by atoms with Gasteiger partial charge < -0.3 is 10.8 Å². The highest BCUT2D eigenvalue weighted by molar-refractivity contribution is 7.89. The average Bonchev–Trinajstić information content (AvgIpc) is 2.26. The second-order valence-corrected chi connectivity index (χ2v) is 5.76. The lowest BCUT2D eigenvalue weighted by Crippen LogP contribution is -2.43. The van der Waals surface area contributed by atoms with E-state index in [1.807, 2.05) is 0 Å². The van der Waals surface area contributed by atoms with Gasteiger partial charge in [-0.25, -0.2) is 13.1 Å². The minimum Gasteiger partial charge on any atom is -0.392 e. The molecule has 0 saturated carbocycles. The maximum atomic E-state index is 11.9. The number of sulfonamides is 1. The van der Waals surface area contributed by atoms with Crippen LogP contribution in [0.3, 0.4) is 0 Å². The number of nitrogens with two attached hydrogens (primary N) is 1. The molecule has 1 aromatic carbocycles. The molecule has 6 heteroatoms. The number of aryl methyl sites for hydroxylation is 1. The molecule has 5 nitrogen and oxygen atoms in total. The van der Waals surface area contributed by atoms with Crippen molar-refractivity contribution in [3.8, 4) is 0 Å². The fourth-order valence-electron chi connectivity index (χ4n) is 1.31. The Hall–Kier alpha value is -0.950. The van der Waals surface area contributed by atoms with Gasteiger partial charge in [0.2, 0.25) is 10.0 Å². The summed E-state index contributed by atoms with van der Waals surface area (Å²) >= 11 is 0. The number of hydrogen-bond acceptors (Lipinski definition) is 4. The van der Waals surface area contributed by atoms with E-state index in [0.717, 1.165) is 0 Å². The van der Waals surface area contributed by atoms with E-state index < -0.39 is 22.2 Å². The van der Waals surface area contributed by atoms with E-state index in [1.165, 1.54) is 13.0 Å².